The number of carbonyl (C=O) groups excluding carboxylic acids is 1. The zero-order valence-electron chi connectivity index (χ0n) is 18.5. The van der Waals surface area contributed by atoms with Crippen LogP contribution < -0.4 is 15.4 Å². The molecule has 34 heavy (non-hydrogen) atoms. The zero-order valence-corrected chi connectivity index (χ0v) is 20.1. The molecule has 0 unspecified atom stereocenters. The Morgan fingerprint density at radius 1 is 1.06 bits per heavy atom. The number of hydrogen-bond donors (Lipinski definition) is 0. The number of aromatic nitrogens is 2. The predicted molar refractivity (Wildman–Crippen MR) is 138 cm³/mol. The Morgan fingerprint density at radius 2 is 1.76 bits per heavy atom. The van der Waals surface area contributed by atoms with Crippen LogP contribution in [0.3, 0.4) is 0 Å². The second-order valence-electron chi connectivity index (χ2n) is 7.93. The van der Waals surface area contributed by atoms with Gasteiger partial charge in [-0.2, -0.15) is 0 Å². The van der Waals surface area contributed by atoms with Crippen molar-refractivity contribution in [2.75, 3.05) is 42.5 Å². The fourth-order valence-corrected chi connectivity index (χ4v) is 5.60. The van der Waals surface area contributed by atoms with E-state index in [1.807, 2.05) is 28.9 Å². The zero-order chi connectivity index (χ0) is 23.8. The number of thioether (sulfide) groups is 1. The maximum absolute atomic E-state index is 14.3. The number of likely N-dealkylation sites (N-methyl/N-ethyl adjacent to an activating group) is 1. The quantitative estimate of drug-likeness (QED) is 0.406. The number of carbonyl (C=O) groups is 1. The van der Waals surface area contributed by atoms with Crippen LogP contribution in [-0.4, -0.2) is 57.2 Å². The van der Waals surface area contributed by atoms with Crippen LogP contribution >= 0.6 is 24.0 Å². The molecule has 0 saturated carbocycles. The summed E-state index contributed by atoms with van der Waals surface area (Å²) in [6, 6.07) is 12.1. The number of fused-ring (bicyclic) bond motifs is 1. The average Bonchev–Trinajstić information content (AvgIpc) is 3.13. The van der Waals surface area contributed by atoms with Crippen molar-refractivity contribution in [3.05, 3.63) is 75.3 Å². The van der Waals surface area contributed by atoms with E-state index in [-0.39, 0.29) is 17.3 Å². The van der Waals surface area contributed by atoms with Gasteiger partial charge in [0, 0.05) is 38.9 Å². The van der Waals surface area contributed by atoms with Crippen molar-refractivity contribution in [2.45, 2.75) is 6.92 Å². The largest absolute Gasteiger partial charge is 0.366 e. The molecule has 5 rings (SSSR count). The molecular weight excluding hydrogens is 473 g/mol. The number of halogens is 1. The van der Waals surface area contributed by atoms with Gasteiger partial charge in [0.05, 0.1) is 16.2 Å². The fraction of sp³-hybridized carbons (Fsp3) is 0.250. The monoisotopic (exact) mass is 495 g/mol. The van der Waals surface area contributed by atoms with E-state index in [0.717, 1.165) is 0 Å². The summed E-state index contributed by atoms with van der Waals surface area (Å²) in [4.78, 5) is 37.0. The summed E-state index contributed by atoms with van der Waals surface area (Å²) in [6.07, 6.45) is 3.28. The van der Waals surface area contributed by atoms with E-state index in [1.54, 1.807) is 36.5 Å². The molecule has 10 heteroatoms. The van der Waals surface area contributed by atoms with E-state index in [0.29, 0.717) is 64.7 Å². The summed E-state index contributed by atoms with van der Waals surface area (Å²) in [7, 11) is 0. The Hall–Kier alpha value is -3.24. The van der Waals surface area contributed by atoms with Gasteiger partial charge in [-0.25, -0.2) is 9.37 Å². The fourth-order valence-electron chi connectivity index (χ4n) is 4.23. The van der Waals surface area contributed by atoms with E-state index in [1.165, 1.54) is 27.1 Å². The highest BCUT2D eigenvalue weighted by Crippen LogP contribution is 2.33. The highest BCUT2D eigenvalue weighted by Gasteiger charge is 2.32. The van der Waals surface area contributed by atoms with Gasteiger partial charge in [0.25, 0.3) is 11.5 Å². The Bertz CT molecular complexity index is 1380. The highest BCUT2D eigenvalue weighted by atomic mass is 32.2. The SMILES string of the molecule is CCN1C(=O)/C(=C/c2c(N3CCN(c4ccccc4F)CC3)nc3ccccn3c2=O)SC1=S. The van der Waals surface area contributed by atoms with Crippen molar-refractivity contribution in [1.29, 1.82) is 0 Å². The van der Waals surface area contributed by atoms with Gasteiger partial charge < -0.3 is 9.80 Å². The lowest BCUT2D eigenvalue weighted by atomic mass is 10.2. The number of pyridine rings is 1. The van der Waals surface area contributed by atoms with Crippen molar-refractivity contribution in [3.63, 3.8) is 0 Å². The van der Waals surface area contributed by atoms with E-state index in [4.69, 9.17) is 17.2 Å². The van der Waals surface area contributed by atoms with Crippen LogP contribution in [0, 0.1) is 5.82 Å². The number of para-hydroxylation sites is 1. The van der Waals surface area contributed by atoms with Gasteiger partial charge in [-0.1, -0.05) is 42.2 Å². The van der Waals surface area contributed by atoms with Gasteiger partial charge in [0.2, 0.25) is 0 Å². The number of piperazine rings is 1. The minimum atomic E-state index is -0.253. The van der Waals surface area contributed by atoms with Crippen LogP contribution in [-0.2, 0) is 4.79 Å². The van der Waals surface area contributed by atoms with Crippen LogP contribution in [0.2, 0.25) is 0 Å². The lowest BCUT2D eigenvalue weighted by Gasteiger charge is -2.37. The summed E-state index contributed by atoms with van der Waals surface area (Å²) in [6.45, 7) is 4.60. The number of nitrogens with zero attached hydrogens (tertiary/aromatic N) is 5. The molecule has 0 spiro atoms. The summed E-state index contributed by atoms with van der Waals surface area (Å²) in [5.74, 6) is 0.0631. The molecule has 2 aliphatic heterocycles. The molecule has 2 fully saturated rings. The molecule has 1 aromatic carbocycles. The maximum atomic E-state index is 14.3. The molecule has 2 saturated heterocycles. The van der Waals surface area contributed by atoms with Crippen LogP contribution in [0.5, 0.6) is 0 Å². The van der Waals surface area contributed by atoms with Gasteiger partial charge in [-0.05, 0) is 37.3 Å². The second kappa shape index (κ2) is 9.19. The molecule has 0 N–H and O–H groups in total. The molecule has 7 nitrogen and oxygen atoms in total. The first-order valence-electron chi connectivity index (χ1n) is 11.0. The molecule has 174 valence electrons. The normalized spacial score (nSPS) is 17.9. The predicted octanol–water partition coefficient (Wildman–Crippen LogP) is 3.38. The number of anilines is 2. The lowest BCUT2D eigenvalue weighted by Crippen LogP contribution is -2.47. The van der Waals surface area contributed by atoms with E-state index < -0.39 is 0 Å². The van der Waals surface area contributed by atoms with E-state index >= 15 is 0 Å². The third kappa shape index (κ3) is 3.97. The molecular formula is C24H22FN5O2S2. The Morgan fingerprint density at radius 3 is 2.47 bits per heavy atom. The summed E-state index contributed by atoms with van der Waals surface area (Å²) in [5.41, 5.74) is 1.19. The van der Waals surface area contributed by atoms with Crippen LogP contribution in [0.15, 0.2) is 58.4 Å². The first-order valence-corrected chi connectivity index (χ1v) is 12.2. The van der Waals surface area contributed by atoms with Gasteiger partial charge in [0.15, 0.2) is 0 Å². The van der Waals surface area contributed by atoms with Gasteiger partial charge >= 0.3 is 0 Å². The van der Waals surface area contributed by atoms with Crippen molar-refractivity contribution in [2.24, 2.45) is 0 Å². The standard InChI is InChI=1S/C24H22FN5O2S2/c1-2-29-23(32)19(34-24(29)33)15-16-21(26-20-9-5-6-10-30(20)22(16)31)28-13-11-27(12-14-28)18-8-4-3-7-17(18)25/h3-10,15H,2,11-14H2,1H3/b19-15-. The topological polar surface area (TPSA) is 61.2 Å². The van der Waals surface area contributed by atoms with E-state index in [9.17, 15) is 14.0 Å². The summed E-state index contributed by atoms with van der Waals surface area (Å²) >= 11 is 6.52. The minimum absolute atomic E-state index is 0.203. The van der Waals surface area contributed by atoms with Crippen molar-refractivity contribution in [1.82, 2.24) is 14.3 Å². The highest BCUT2D eigenvalue weighted by molar-refractivity contribution is 8.26. The molecule has 0 atom stereocenters. The van der Waals surface area contributed by atoms with Crippen molar-refractivity contribution in [3.8, 4) is 0 Å². The Kier molecular flexibility index (Phi) is 6.09. The summed E-state index contributed by atoms with van der Waals surface area (Å²) < 4.78 is 16.2. The average molecular weight is 496 g/mol. The number of hydrogen-bond acceptors (Lipinski definition) is 7. The smallest absolute Gasteiger partial charge is 0.267 e. The second-order valence-corrected chi connectivity index (χ2v) is 9.61. The van der Waals surface area contributed by atoms with Gasteiger partial charge in [-0.15, -0.1) is 0 Å². The first-order chi connectivity index (χ1) is 16.5. The molecule has 1 amide bonds. The Balaban J connectivity index is 1.53. The number of benzene rings is 1. The summed E-state index contributed by atoms with van der Waals surface area (Å²) in [5, 5.41) is 0. The first kappa shape index (κ1) is 22.5. The third-order valence-corrected chi connectivity index (χ3v) is 7.36. The van der Waals surface area contributed by atoms with Gasteiger partial charge in [0.1, 0.15) is 21.6 Å². The maximum Gasteiger partial charge on any atom is 0.267 e. The third-order valence-electron chi connectivity index (χ3n) is 5.99. The molecule has 0 radical (unpaired) electrons. The minimum Gasteiger partial charge on any atom is -0.366 e. The van der Waals surface area contributed by atoms with Crippen molar-refractivity contribution < 1.29 is 9.18 Å². The molecule has 0 bridgehead atoms. The van der Waals surface area contributed by atoms with E-state index in [2.05, 4.69) is 0 Å². The van der Waals surface area contributed by atoms with Crippen LogP contribution in [0.25, 0.3) is 11.7 Å². The Labute approximate surface area is 205 Å². The molecule has 4 heterocycles. The van der Waals surface area contributed by atoms with Crippen LogP contribution in [0.4, 0.5) is 15.9 Å². The van der Waals surface area contributed by atoms with Crippen LogP contribution in [0.1, 0.15) is 12.5 Å². The number of rotatable bonds is 4. The lowest BCUT2D eigenvalue weighted by molar-refractivity contribution is -0.121. The molecule has 2 aromatic heterocycles. The number of amides is 1. The molecule has 3 aromatic rings. The number of thiocarbonyl (C=S) groups is 1. The van der Waals surface area contributed by atoms with Gasteiger partial charge in [-0.3, -0.25) is 18.9 Å². The van der Waals surface area contributed by atoms with Crippen molar-refractivity contribution >= 4 is 57.4 Å². The molecule has 2 aliphatic rings. The molecule has 0 aliphatic carbocycles.